The van der Waals surface area contributed by atoms with Crippen molar-refractivity contribution in [3.8, 4) is 6.07 Å². The van der Waals surface area contributed by atoms with Crippen molar-refractivity contribution in [3.05, 3.63) is 30.0 Å². The van der Waals surface area contributed by atoms with Crippen molar-refractivity contribution in [2.75, 3.05) is 24.6 Å². The molecular formula is C24H32N4O2. The Morgan fingerprint density at radius 1 is 1.17 bits per heavy atom. The van der Waals surface area contributed by atoms with E-state index in [0.29, 0.717) is 29.6 Å². The second kappa shape index (κ2) is 10.9. The molecule has 0 saturated carbocycles. The maximum absolute atomic E-state index is 12.8. The number of unbranched alkanes of at least 4 members (excludes halogenated alkanes) is 4. The number of nitrogens with zero attached hydrogens (tertiary/aromatic N) is 4. The number of aromatic nitrogens is 2. The van der Waals surface area contributed by atoms with Crippen molar-refractivity contribution in [1.82, 2.24) is 9.97 Å². The lowest BCUT2D eigenvalue weighted by atomic mass is 9.98. The number of ether oxygens (including phenoxy) is 1. The Kier molecular flexibility index (Phi) is 8.01. The van der Waals surface area contributed by atoms with Crippen LogP contribution in [0.25, 0.3) is 11.0 Å². The number of hydrogen-bond acceptors (Lipinski definition) is 6. The Balaban J connectivity index is 1.81. The number of piperidine rings is 1. The molecular weight excluding hydrogens is 376 g/mol. The van der Waals surface area contributed by atoms with Gasteiger partial charge in [0, 0.05) is 13.1 Å². The zero-order chi connectivity index (χ0) is 21.3. The summed E-state index contributed by atoms with van der Waals surface area (Å²) in [6.45, 7) is 6.47. The maximum Gasteiger partial charge on any atom is 0.329 e. The van der Waals surface area contributed by atoms with Crippen LogP contribution >= 0.6 is 0 Å². The van der Waals surface area contributed by atoms with Gasteiger partial charge in [-0.3, -0.25) is 4.79 Å². The fraction of sp³-hybridized carbons (Fsp3) is 0.583. The number of para-hydroxylation sites is 2. The first-order valence-electron chi connectivity index (χ1n) is 11.2. The molecule has 0 spiro atoms. The largest absolute Gasteiger partial charge is 0.464 e. The van der Waals surface area contributed by atoms with Crippen molar-refractivity contribution < 1.29 is 9.53 Å². The lowest BCUT2D eigenvalue weighted by Crippen LogP contribution is -2.35. The van der Waals surface area contributed by atoms with E-state index in [9.17, 15) is 10.1 Å². The topological polar surface area (TPSA) is 79.1 Å². The summed E-state index contributed by atoms with van der Waals surface area (Å²) in [5.74, 6) is -0.272. The van der Waals surface area contributed by atoms with Crippen molar-refractivity contribution in [1.29, 1.82) is 5.26 Å². The highest BCUT2D eigenvalue weighted by Crippen LogP contribution is 2.30. The lowest BCUT2D eigenvalue weighted by molar-refractivity contribution is -0.144. The van der Waals surface area contributed by atoms with Gasteiger partial charge in [-0.05, 0) is 37.3 Å². The second-order valence-corrected chi connectivity index (χ2v) is 8.23. The summed E-state index contributed by atoms with van der Waals surface area (Å²) in [6, 6.07) is 9.72. The SMILES string of the molecule is CCCCCCCOC(=O)[C@H](C#N)c1nc2ccccc2nc1N1CCC(C)CC1. The second-order valence-electron chi connectivity index (χ2n) is 8.23. The molecule has 0 amide bonds. The molecule has 0 aliphatic carbocycles. The highest BCUT2D eigenvalue weighted by Gasteiger charge is 2.31. The fourth-order valence-corrected chi connectivity index (χ4v) is 3.84. The predicted octanol–water partition coefficient (Wildman–Crippen LogP) is 4.99. The quantitative estimate of drug-likeness (QED) is 0.430. The van der Waals surface area contributed by atoms with Crippen molar-refractivity contribution in [3.63, 3.8) is 0 Å². The van der Waals surface area contributed by atoms with Gasteiger partial charge in [0.25, 0.3) is 0 Å². The average molecular weight is 409 g/mol. The van der Waals surface area contributed by atoms with E-state index < -0.39 is 11.9 Å². The Morgan fingerprint density at radius 2 is 1.83 bits per heavy atom. The molecule has 0 bridgehead atoms. The molecule has 0 radical (unpaired) electrons. The van der Waals surface area contributed by atoms with Crippen LogP contribution in [0.1, 0.15) is 70.4 Å². The third-order valence-corrected chi connectivity index (χ3v) is 5.79. The first-order valence-corrected chi connectivity index (χ1v) is 11.2. The van der Waals surface area contributed by atoms with Gasteiger partial charge in [0.2, 0.25) is 0 Å². The van der Waals surface area contributed by atoms with E-state index in [-0.39, 0.29) is 0 Å². The zero-order valence-corrected chi connectivity index (χ0v) is 18.1. The van der Waals surface area contributed by atoms with Gasteiger partial charge in [0.1, 0.15) is 5.69 Å². The molecule has 1 atom stereocenters. The predicted molar refractivity (Wildman–Crippen MR) is 118 cm³/mol. The number of benzene rings is 1. The molecule has 6 heteroatoms. The first kappa shape index (κ1) is 22.0. The molecule has 1 aromatic carbocycles. The summed E-state index contributed by atoms with van der Waals surface area (Å²) < 4.78 is 5.45. The average Bonchev–Trinajstić information content (AvgIpc) is 2.77. The molecule has 30 heavy (non-hydrogen) atoms. The molecule has 1 fully saturated rings. The van der Waals surface area contributed by atoms with E-state index in [2.05, 4.69) is 24.8 Å². The van der Waals surface area contributed by atoms with E-state index in [0.717, 1.165) is 50.7 Å². The van der Waals surface area contributed by atoms with E-state index in [1.54, 1.807) is 0 Å². The highest BCUT2D eigenvalue weighted by atomic mass is 16.5. The van der Waals surface area contributed by atoms with Crippen LogP contribution in [-0.4, -0.2) is 35.6 Å². The van der Waals surface area contributed by atoms with Gasteiger partial charge in [-0.15, -0.1) is 0 Å². The van der Waals surface area contributed by atoms with Crippen LogP contribution < -0.4 is 4.90 Å². The van der Waals surface area contributed by atoms with Crippen LogP contribution in [0, 0.1) is 17.2 Å². The third kappa shape index (κ3) is 5.47. The number of esters is 1. The van der Waals surface area contributed by atoms with Crippen LogP contribution in [0.3, 0.4) is 0 Å². The van der Waals surface area contributed by atoms with Crippen LogP contribution in [0.4, 0.5) is 5.82 Å². The minimum atomic E-state index is -1.06. The summed E-state index contributed by atoms with van der Waals surface area (Å²) in [7, 11) is 0. The van der Waals surface area contributed by atoms with E-state index in [4.69, 9.17) is 14.7 Å². The zero-order valence-electron chi connectivity index (χ0n) is 18.1. The van der Waals surface area contributed by atoms with Crippen molar-refractivity contribution in [2.45, 2.75) is 64.7 Å². The van der Waals surface area contributed by atoms with Crippen LogP contribution in [-0.2, 0) is 9.53 Å². The van der Waals surface area contributed by atoms with Crippen LogP contribution in [0.15, 0.2) is 24.3 Å². The molecule has 6 nitrogen and oxygen atoms in total. The normalized spacial score (nSPS) is 15.7. The minimum Gasteiger partial charge on any atom is -0.464 e. The Labute approximate surface area is 179 Å². The number of rotatable bonds is 9. The molecule has 1 saturated heterocycles. The molecule has 1 aliphatic heterocycles. The smallest absolute Gasteiger partial charge is 0.329 e. The molecule has 3 rings (SSSR count). The molecule has 0 N–H and O–H groups in total. The lowest BCUT2D eigenvalue weighted by Gasteiger charge is -2.32. The maximum atomic E-state index is 12.8. The molecule has 1 aliphatic rings. The minimum absolute atomic E-state index is 0.346. The molecule has 1 aromatic heterocycles. The first-order chi connectivity index (χ1) is 14.6. The summed E-state index contributed by atoms with van der Waals surface area (Å²) in [5, 5.41) is 9.82. The monoisotopic (exact) mass is 408 g/mol. The van der Waals surface area contributed by atoms with E-state index in [1.165, 1.54) is 12.8 Å². The van der Waals surface area contributed by atoms with Gasteiger partial charge in [-0.25, -0.2) is 9.97 Å². The van der Waals surface area contributed by atoms with Gasteiger partial charge in [0.05, 0.1) is 23.7 Å². The van der Waals surface area contributed by atoms with Gasteiger partial charge >= 0.3 is 5.97 Å². The van der Waals surface area contributed by atoms with Crippen LogP contribution in [0.5, 0.6) is 0 Å². The fourth-order valence-electron chi connectivity index (χ4n) is 3.84. The molecule has 0 unspecified atom stereocenters. The Hall–Kier alpha value is -2.68. The number of carbonyl (C=O) groups is 1. The molecule has 2 heterocycles. The van der Waals surface area contributed by atoms with Gasteiger partial charge in [-0.2, -0.15) is 5.26 Å². The number of anilines is 1. The molecule has 160 valence electrons. The van der Waals surface area contributed by atoms with Gasteiger partial charge in [-0.1, -0.05) is 51.7 Å². The van der Waals surface area contributed by atoms with Gasteiger partial charge < -0.3 is 9.64 Å². The number of fused-ring (bicyclic) bond motifs is 1. The number of hydrogen-bond donors (Lipinski definition) is 0. The van der Waals surface area contributed by atoms with E-state index in [1.807, 2.05) is 24.3 Å². The highest BCUT2D eigenvalue weighted by molar-refractivity contribution is 5.85. The summed E-state index contributed by atoms with van der Waals surface area (Å²) in [5.41, 5.74) is 1.88. The summed E-state index contributed by atoms with van der Waals surface area (Å²) >= 11 is 0. The Bertz CT molecular complexity index is 884. The van der Waals surface area contributed by atoms with Crippen LogP contribution in [0.2, 0.25) is 0 Å². The van der Waals surface area contributed by atoms with E-state index >= 15 is 0 Å². The summed E-state index contributed by atoms with van der Waals surface area (Å²) in [4.78, 5) is 24.4. The van der Waals surface area contributed by atoms with Crippen molar-refractivity contribution in [2.24, 2.45) is 5.92 Å². The third-order valence-electron chi connectivity index (χ3n) is 5.79. The number of carbonyl (C=O) groups excluding carboxylic acids is 1. The standard InChI is InChI=1S/C24H32N4O2/c1-3-4-5-6-9-16-30-24(29)19(17-25)22-23(28-14-12-18(2)13-15-28)27-21-11-8-7-10-20(21)26-22/h7-8,10-11,18-19H,3-6,9,12-16H2,1-2H3/t19-/m1/s1. The number of nitriles is 1. The summed E-state index contributed by atoms with van der Waals surface area (Å²) in [6.07, 6.45) is 7.49. The van der Waals surface area contributed by atoms with Gasteiger partial charge in [0.15, 0.2) is 11.7 Å². The van der Waals surface area contributed by atoms with Crippen molar-refractivity contribution >= 4 is 22.8 Å². The Morgan fingerprint density at radius 3 is 2.50 bits per heavy atom. The molecule has 2 aromatic rings.